The first-order valence-electron chi connectivity index (χ1n) is 6.32. The van der Waals surface area contributed by atoms with Crippen LogP contribution in [0.15, 0.2) is 48.4 Å². The summed E-state index contributed by atoms with van der Waals surface area (Å²) < 4.78 is 5.68. The van der Waals surface area contributed by atoms with Crippen LogP contribution < -0.4 is 22.1 Å². The molecule has 4 nitrogen and oxygen atoms in total. The molecule has 0 spiro atoms. The zero-order valence-electron chi connectivity index (χ0n) is 11.7. The molecule has 0 atom stereocenters. The Labute approximate surface area is 138 Å². The standard InChI is InChI=1S/C16H11N3OS.ClH/c1-12-19-14(11-21-12)5-4-13-7-16(10-18-8-13)20-15-3-2-6-17-9-15;/h2-3,6-11H,1H3;1H. The van der Waals surface area contributed by atoms with Gasteiger partial charge in [-0.2, -0.15) is 4.98 Å². The summed E-state index contributed by atoms with van der Waals surface area (Å²) in [5.41, 5.74) is 1.70. The number of hydrogen-bond donors (Lipinski definition) is 0. The maximum absolute atomic E-state index is 5.68. The van der Waals surface area contributed by atoms with Crippen molar-refractivity contribution >= 4 is 11.3 Å². The number of aromatic nitrogens is 3. The number of nitrogens with one attached hydrogen (secondary N) is 1. The van der Waals surface area contributed by atoms with Gasteiger partial charge in [0.05, 0.1) is 17.8 Å². The van der Waals surface area contributed by atoms with E-state index in [-0.39, 0.29) is 12.4 Å². The third kappa shape index (κ3) is 4.29. The second-order valence-electron chi connectivity index (χ2n) is 4.28. The van der Waals surface area contributed by atoms with Crippen LogP contribution in [-0.2, 0) is 0 Å². The quantitative estimate of drug-likeness (QED) is 0.615. The van der Waals surface area contributed by atoms with E-state index in [1.54, 1.807) is 36.1 Å². The van der Waals surface area contributed by atoms with Gasteiger partial charge in [0.15, 0.2) is 0 Å². The summed E-state index contributed by atoms with van der Waals surface area (Å²) in [5.74, 6) is 7.45. The fourth-order valence-corrected chi connectivity index (χ4v) is 2.26. The highest BCUT2D eigenvalue weighted by molar-refractivity contribution is 7.09. The molecular weight excluding hydrogens is 318 g/mol. The lowest BCUT2D eigenvalue weighted by Crippen LogP contribution is -3.00. The molecule has 0 amide bonds. The first kappa shape index (κ1) is 16.0. The van der Waals surface area contributed by atoms with E-state index >= 15 is 0 Å². The van der Waals surface area contributed by atoms with Crippen molar-refractivity contribution in [2.75, 3.05) is 0 Å². The Kier molecular flexibility index (Phi) is 5.48. The molecule has 0 saturated carbocycles. The Bertz CT molecular complexity index is 809. The van der Waals surface area contributed by atoms with Crippen molar-refractivity contribution in [2.45, 2.75) is 6.92 Å². The molecule has 0 saturated heterocycles. The van der Waals surface area contributed by atoms with Gasteiger partial charge in [-0.05, 0) is 18.2 Å². The van der Waals surface area contributed by atoms with Crippen LogP contribution >= 0.6 is 11.3 Å². The molecule has 22 heavy (non-hydrogen) atoms. The maximum atomic E-state index is 5.68. The molecule has 3 aromatic rings. The summed E-state index contributed by atoms with van der Waals surface area (Å²) in [6.45, 7) is 2.01. The van der Waals surface area contributed by atoms with E-state index in [9.17, 15) is 0 Å². The first-order chi connectivity index (χ1) is 10.3. The molecule has 3 rings (SSSR count). The van der Waals surface area contributed by atoms with Gasteiger partial charge in [0.1, 0.15) is 11.5 Å². The van der Waals surface area contributed by atoms with Crippen LogP contribution in [0.5, 0.6) is 11.5 Å². The largest absolute Gasteiger partial charge is 1.00 e. The maximum Gasteiger partial charge on any atom is 0.266 e. The third-order valence-electron chi connectivity index (χ3n) is 2.59. The van der Waals surface area contributed by atoms with E-state index in [1.807, 2.05) is 30.5 Å². The Morgan fingerprint density at radius 1 is 1.14 bits per heavy atom. The lowest BCUT2D eigenvalue weighted by atomic mass is 10.2. The van der Waals surface area contributed by atoms with Crippen molar-refractivity contribution in [1.29, 1.82) is 0 Å². The Hall–Kier alpha value is -2.42. The minimum absolute atomic E-state index is 0. The number of rotatable bonds is 2. The summed E-state index contributed by atoms with van der Waals surface area (Å²) in [6.07, 6.45) is 6.72. The molecule has 1 N–H and O–H groups in total. The average Bonchev–Trinajstić information content (AvgIpc) is 2.92. The van der Waals surface area contributed by atoms with Crippen LogP contribution in [0.2, 0.25) is 0 Å². The number of nitrogens with zero attached hydrogens (tertiary/aromatic N) is 2. The van der Waals surface area contributed by atoms with Gasteiger partial charge in [-0.3, -0.25) is 9.97 Å². The summed E-state index contributed by atoms with van der Waals surface area (Å²) in [5, 5.41) is 3.12. The number of hydrogen-bond acceptors (Lipinski definition) is 4. The predicted octanol–water partition coefficient (Wildman–Crippen LogP) is -0.143. The van der Waals surface area contributed by atoms with Crippen molar-refractivity contribution in [3.05, 3.63) is 64.6 Å². The number of H-pyrrole nitrogens is 1. The van der Waals surface area contributed by atoms with E-state index in [2.05, 4.69) is 26.8 Å². The normalized spacial score (nSPS) is 9.32. The summed E-state index contributed by atoms with van der Waals surface area (Å²) >= 11 is 1.64. The monoisotopic (exact) mass is 329 g/mol. The lowest BCUT2D eigenvalue weighted by molar-refractivity contribution is -0.383. The predicted molar refractivity (Wildman–Crippen MR) is 80.1 cm³/mol. The number of aryl methyl sites for hydroxylation is 1. The first-order valence-corrected chi connectivity index (χ1v) is 7.20. The molecule has 0 aromatic carbocycles. The topological polar surface area (TPSA) is 49.2 Å². The van der Waals surface area contributed by atoms with Crippen molar-refractivity contribution < 1.29 is 22.1 Å². The van der Waals surface area contributed by atoms with Gasteiger partial charge in [0, 0.05) is 30.8 Å². The Morgan fingerprint density at radius 3 is 2.73 bits per heavy atom. The molecule has 0 bridgehead atoms. The van der Waals surface area contributed by atoms with Crippen molar-refractivity contribution in [3.8, 4) is 23.3 Å². The molecular formula is C16H12ClN3OS. The molecule has 0 radical (unpaired) electrons. The van der Waals surface area contributed by atoms with Crippen LogP contribution in [0.25, 0.3) is 0 Å². The SMILES string of the molecule is Cc1[nH+]c(C#Cc2cncc(Oc3cccnc3)c2)cs1.[Cl-]. The van der Waals surface area contributed by atoms with E-state index in [0.29, 0.717) is 11.5 Å². The van der Waals surface area contributed by atoms with Crippen LogP contribution in [0.1, 0.15) is 16.3 Å². The molecule has 6 heteroatoms. The fourth-order valence-electron chi connectivity index (χ4n) is 1.68. The molecule has 0 aliphatic rings. The van der Waals surface area contributed by atoms with Gasteiger partial charge in [-0.15, -0.1) is 0 Å². The third-order valence-corrected chi connectivity index (χ3v) is 3.40. The van der Waals surface area contributed by atoms with Crippen LogP contribution in [0, 0.1) is 18.8 Å². The van der Waals surface area contributed by atoms with Crippen LogP contribution in [0.3, 0.4) is 0 Å². The minimum atomic E-state index is 0. The number of ether oxygens (including phenoxy) is 1. The molecule has 3 aromatic heterocycles. The summed E-state index contributed by atoms with van der Waals surface area (Å²) in [7, 11) is 0. The van der Waals surface area contributed by atoms with E-state index in [0.717, 1.165) is 16.3 Å². The Morgan fingerprint density at radius 2 is 2.00 bits per heavy atom. The molecule has 3 heterocycles. The number of aromatic amines is 1. The van der Waals surface area contributed by atoms with Crippen LogP contribution in [-0.4, -0.2) is 9.97 Å². The van der Waals surface area contributed by atoms with Crippen molar-refractivity contribution in [1.82, 2.24) is 9.97 Å². The zero-order valence-corrected chi connectivity index (χ0v) is 13.3. The lowest BCUT2D eigenvalue weighted by Gasteiger charge is -2.03. The van der Waals surface area contributed by atoms with E-state index in [4.69, 9.17) is 4.74 Å². The van der Waals surface area contributed by atoms with Gasteiger partial charge in [-0.25, -0.2) is 0 Å². The van der Waals surface area contributed by atoms with E-state index in [1.165, 1.54) is 0 Å². The van der Waals surface area contributed by atoms with Crippen molar-refractivity contribution in [3.63, 3.8) is 0 Å². The Balaban J connectivity index is 0.00000176. The second-order valence-corrected chi connectivity index (χ2v) is 5.36. The summed E-state index contributed by atoms with van der Waals surface area (Å²) in [4.78, 5) is 11.3. The second kappa shape index (κ2) is 7.55. The molecule has 110 valence electrons. The fraction of sp³-hybridized carbons (Fsp3) is 0.0625. The van der Waals surface area contributed by atoms with Gasteiger partial charge >= 0.3 is 0 Å². The molecule has 0 aliphatic heterocycles. The highest BCUT2D eigenvalue weighted by Gasteiger charge is 2.02. The highest BCUT2D eigenvalue weighted by Crippen LogP contribution is 2.19. The summed E-state index contributed by atoms with van der Waals surface area (Å²) in [6, 6.07) is 5.52. The highest BCUT2D eigenvalue weighted by atomic mass is 35.5. The zero-order chi connectivity index (χ0) is 14.5. The van der Waals surface area contributed by atoms with Crippen molar-refractivity contribution in [2.24, 2.45) is 0 Å². The van der Waals surface area contributed by atoms with Gasteiger partial charge in [-0.1, -0.05) is 17.3 Å². The van der Waals surface area contributed by atoms with Gasteiger partial charge in [0.2, 0.25) is 5.01 Å². The smallest absolute Gasteiger partial charge is 0.266 e. The molecule has 0 unspecified atom stereocenters. The molecule has 0 aliphatic carbocycles. The molecule has 0 fully saturated rings. The van der Waals surface area contributed by atoms with Gasteiger partial charge in [0.25, 0.3) is 5.69 Å². The van der Waals surface area contributed by atoms with Crippen LogP contribution in [0.4, 0.5) is 0 Å². The number of pyridine rings is 2. The number of thiazole rings is 1. The van der Waals surface area contributed by atoms with E-state index < -0.39 is 0 Å². The average molecular weight is 330 g/mol. The number of halogens is 1. The minimum Gasteiger partial charge on any atom is -1.00 e. The van der Waals surface area contributed by atoms with Gasteiger partial charge < -0.3 is 17.1 Å².